The van der Waals surface area contributed by atoms with Crippen molar-refractivity contribution in [2.75, 3.05) is 7.11 Å². The molecule has 0 N–H and O–H groups in total. The number of alkyl halides is 1. The molecule has 2 aromatic rings. The fraction of sp³-hybridized carbons (Fsp3) is 0.231. The molecule has 18 heavy (non-hydrogen) atoms. The van der Waals surface area contributed by atoms with Crippen LogP contribution in [0.1, 0.15) is 10.4 Å². The average Bonchev–Trinajstić information content (AvgIpc) is 2.82. The number of benzene rings is 1. The summed E-state index contributed by atoms with van der Waals surface area (Å²) in [5.74, 6) is 1.73. The second-order valence-electron chi connectivity index (χ2n) is 3.60. The number of hydrogen-bond acceptors (Lipinski definition) is 3. The lowest BCUT2D eigenvalue weighted by molar-refractivity contribution is 0.306. The Bertz CT molecular complexity index is 525. The van der Waals surface area contributed by atoms with E-state index in [1.165, 1.54) is 4.88 Å². The number of ether oxygens (including phenoxy) is 2. The van der Waals surface area contributed by atoms with Crippen molar-refractivity contribution in [1.82, 2.24) is 0 Å². The first-order chi connectivity index (χ1) is 8.72. The van der Waals surface area contributed by atoms with Crippen LogP contribution in [0.25, 0.3) is 0 Å². The third kappa shape index (κ3) is 3.49. The third-order valence-electron chi connectivity index (χ3n) is 2.41. The van der Waals surface area contributed by atoms with Crippen molar-refractivity contribution in [3.05, 3.63) is 44.6 Å². The first-order valence-electron chi connectivity index (χ1n) is 5.33. The fourth-order valence-electron chi connectivity index (χ4n) is 1.51. The molecule has 0 saturated heterocycles. The predicted molar refractivity (Wildman–Crippen MR) is 82.0 cm³/mol. The van der Waals surface area contributed by atoms with E-state index >= 15 is 0 Å². The number of thiophene rings is 1. The highest BCUT2D eigenvalue weighted by atomic mass is 79.9. The van der Waals surface area contributed by atoms with Gasteiger partial charge in [0.15, 0.2) is 0 Å². The maximum Gasteiger partial charge on any atom is 0.124 e. The predicted octanol–water partition coefficient (Wildman–Crippen LogP) is 4.99. The zero-order valence-electron chi connectivity index (χ0n) is 9.78. The number of methoxy groups -OCH3 is 1. The van der Waals surface area contributed by atoms with E-state index in [0.717, 1.165) is 26.2 Å². The first kappa shape index (κ1) is 13.9. The molecule has 0 unspecified atom stereocenters. The van der Waals surface area contributed by atoms with E-state index in [4.69, 9.17) is 9.47 Å². The van der Waals surface area contributed by atoms with Crippen LogP contribution < -0.4 is 9.47 Å². The Morgan fingerprint density at radius 2 is 2.06 bits per heavy atom. The molecule has 2 rings (SSSR count). The summed E-state index contributed by atoms with van der Waals surface area (Å²) in [5.41, 5.74) is 1.09. The van der Waals surface area contributed by atoms with Crippen molar-refractivity contribution in [2.45, 2.75) is 11.9 Å². The van der Waals surface area contributed by atoms with Gasteiger partial charge in [-0.3, -0.25) is 0 Å². The molecule has 0 fully saturated rings. The molecule has 0 aliphatic carbocycles. The van der Waals surface area contributed by atoms with E-state index in [1.807, 2.05) is 24.3 Å². The van der Waals surface area contributed by atoms with Gasteiger partial charge in [0.25, 0.3) is 0 Å². The Morgan fingerprint density at radius 1 is 1.22 bits per heavy atom. The molecule has 0 saturated carbocycles. The Balaban J connectivity index is 2.08. The highest BCUT2D eigenvalue weighted by Gasteiger charge is 2.06. The van der Waals surface area contributed by atoms with Crippen LogP contribution in [-0.2, 0) is 11.9 Å². The third-order valence-corrected chi connectivity index (χ3v) is 4.61. The molecule has 1 aromatic heterocycles. The van der Waals surface area contributed by atoms with Gasteiger partial charge in [0.05, 0.1) is 10.9 Å². The second-order valence-corrected chi connectivity index (χ2v) is 6.71. The van der Waals surface area contributed by atoms with Crippen molar-refractivity contribution in [2.24, 2.45) is 0 Å². The van der Waals surface area contributed by atoms with Crippen molar-refractivity contribution < 1.29 is 9.47 Å². The molecule has 2 nitrogen and oxygen atoms in total. The number of halogens is 2. The summed E-state index contributed by atoms with van der Waals surface area (Å²) >= 11 is 8.59. The highest BCUT2D eigenvalue weighted by Crippen LogP contribution is 2.28. The van der Waals surface area contributed by atoms with E-state index in [0.29, 0.717) is 6.61 Å². The van der Waals surface area contributed by atoms with E-state index in [9.17, 15) is 0 Å². The fourth-order valence-corrected chi connectivity index (χ4v) is 3.34. The molecular weight excluding hydrogens is 380 g/mol. The minimum Gasteiger partial charge on any atom is -0.497 e. The quantitative estimate of drug-likeness (QED) is 0.668. The van der Waals surface area contributed by atoms with Crippen LogP contribution in [0.2, 0.25) is 0 Å². The van der Waals surface area contributed by atoms with Crippen molar-refractivity contribution >= 4 is 43.2 Å². The summed E-state index contributed by atoms with van der Waals surface area (Å²) in [6.45, 7) is 0.586. The molecule has 0 spiro atoms. The largest absolute Gasteiger partial charge is 0.497 e. The average molecular weight is 392 g/mol. The molecule has 96 valence electrons. The molecule has 5 heteroatoms. The SMILES string of the molecule is COc1ccc(OCc2ccc(Br)s2)c(CBr)c1. The van der Waals surface area contributed by atoms with Gasteiger partial charge in [0, 0.05) is 15.8 Å². The smallest absolute Gasteiger partial charge is 0.124 e. The minimum atomic E-state index is 0.586. The van der Waals surface area contributed by atoms with Crippen LogP contribution in [0.4, 0.5) is 0 Å². The summed E-state index contributed by atoms with van der Waals surface area (Å²) in [6.07, 6.45) is 0. The maximum atomic E-state index is 5.83. The molecule has 0 bridgehead atoms. The van der Waals surface area contributed by atoms with Crippen molar-refractivity contribution in [1.29, 1.82) is 0 Å². The summed E-state index contributed by atoms with van der Waals surface area (Å²) < 4.78 is 12.1. The van der Waals surface area contributed by atoms with Crippen LogP contribution in [0, 0.1) is 0 Å². The van der Waals surface area contributed by atoms with Crippen LogP contribution in [0.5, 0.6) is 11.5 Å². The lowest BCUT2D eigenvalue weighted by Gasteiger charge is -2.10. The standard InChI is InChI=1S/C13H12Br2O2S/c1-16-10-2-4-12(9(6-10)7-14)17-8-11-3-5-13(15)18-11/h2-6H,7-8H2,1H3. The Morgan fingerprint density at radius 3 is 2.67 bits per heavy atom. The Kier molecular flexibility index (Phi) is 5.09. The van der Waals surface area contributed by atoms with Gasteiger partial charge in [-0.25, -0.2) is 0 Å². The summed E-state index contributed by atoms with van der Waals surface area (Å²) in [4.78, 5) is 1.19. The van der Waals surface area contributed by atoms with Gasteiger partial charge in [-0.1, -0.05) is 15.9 Å². The van der Waals surface area contributed by atoms with Gasteiger partial charge in [-0.2, -0.15) is 0 Å². The highest BCUT2D eigenvalue weighted by molar-refractivity contribution is 9.11. The van der Waals surface area contributed by atoms with Gasteiger partial charge in [0.1, 0.15) is 18.1 Å². The normalized spacial score (nSPS) is 10.4. The van der Waals surface area contributed by atoms with Gasteiger partial charge < -0.3 is 9.47 Å². The first-order valence-corrected chi connectivity index (χ1v) is 8.06. The molecule has 0 aliphatic rings. The van der Waals surface area contributed by atoms with Gasteiger partial charge in [-0.05, 0) is 46.3 Å². The van der Waals surface area contributed by atoms with Crippen molar-refractivity contribution in [3.63, 3.8) is 0 Å². The summed E-state index contributed by atoms with van der Waals surface area (Å²) in [5, 5.41) is 0.744. The van der Waals surface area contributed by atoms with E-state index in [2.05, 4.69) is 37.9 Å². The zero-order chi connectivity index (χ0) is 13.0. The number of hydrogen-bond donors (Lipinski definition) is 0. The lowest BCUT2D eigenvalue weighted by atomic mass is 10.2. The van der Waals surface area contributed by atoms with Gasteiger partial charge in [0.2, 0.25) is 0 Å². The van der Waals surface area contributed by atoms with Crippen LogP contribution in [-0.4, -0.2) is 7.11 Å². The molecule has 0 radical (unpaired) electrons. The topological polar surface area (TPSA) is 18.5 Å². The van der Waals surface area contributed by atoms with Crippen LogP contribution >= 0.6 is 43.2 Å². The van der Waals surface area contributed by atoms with Crippen molar-refractivity contribution in [3.8, 4) is 11.5 Å². The van der Waals surface area contributed by atoms with Gasteiger partial charge >= 0.3 is 0 Å². The van der Waals surface area contributed by atoms with E-state index in [-0.39, 0.29) is 0 Å². The summed E-state index contributed by atoms with van der Waals surface area (Å²) in [6, 6.07) is 9.92. The molecule has 0 aliphatic heterocycles. The second kappa shape index (κ2) is 6.59. The zero-order valence-corrected chi connectivity index (χ0v) is 13.8. The molecule has 1 heterocycles. The molecule has 1 aromatic carbocycles. The van der Waals surface area contributed by atoms with Crippen LogP contribution in [0.15, 0.2) is 34.1 Å². The lowest BCUT2D eigenvalue weighted by Crippen LogP contribution is -1.96. The molecular formula is C13H12Br2O2S. The van der Waals surface area contributed by atoms with E-state index < -0.39 is 0 Å². The summed E-state index contributed by atoms with van der Waals surface area (Å²) in [7, 11) is 1.66. The Hall–Kier alpha value is -0.520. The van der Waals surface area contributed by atoms with E-state index in [1.54, 1.807) is 18.4 Å². The molecule has 0 amide bonds. The molecule has 0 atom stereocenters. The van der Waals surface area contributed by atoms with Gasteiger partial charge in [-0.15, -0.1) is 11.3 Å². The number of rotatable bonds is 5. The maximum absolute atomic E-state index is 5.83. The van der Waals surface area contributed by atoms with Crippen LogP contribution in [0.3, 0.4) is 0 Å². The minimum absolute atomic E-state index is 0.586. The monoisotopic (exact) mass is 390 g/mol. The Labute approximate surface area is 127 Å².